The van der Waals surface area contributed by atoms with Crippen LogP contribution in [0.15, 0.2) is 0 Å². The molecule has 0 aromatic heterocycles. The fourth-order valence-corrected chi connectivity index (χ4v) is 3.36. The number of rotatable bonds is 15. The van der Waals surface area contributed by atoms with Gasteiger partial charge in [-0.25, -0.2) is 0 Å². The van der Waals surface area contributed by atoms with Gasteiger partial charge in [-0.1, -0.05) is 112 Å². The Labute approximate surface area is 147 Å². The zero-order chi connectivity index (χ0) is 17.6. The van der Waals surface area contributed by atoms with Gasteiger partial charge in [0.1, 0.15) is 5.78 Å². The van der Waals surface area contributed by atoms with Crippen LogP contribution in [0.1, 0.15) is 125 Å². The summed E-state index contributed by atoms with van der Waals surface area (Å²) >= 11 is 0. The molecule has 138 valence electrons. The van der Waals surface area contributed by atoms with E-state index in [0.29, 0.717) is 5.78 Å². The molecule has 0 saturated heterocycles. The zero-order valence-corrected chi connectivity index (χ0v) is 16.9. The maximum atomic E-state index is 12.3. The van der Waals surface area contributed by atoms with Gasteiger partial charge in [-0.15, -0.1) is 0 Å². The average Bonchev–Trinajstić information content (AvgIpc) is 2.50. The Balaban J connectivity index is 3.46. The van der Waals surface area contributed by atoms with E-state index in [1.165, 1.54) is 77.0 Å². The van der Waals surface area contributed by atoms with Crippen LogP contribution >= 0.6 is 0 Å². The number of hydrogen-bond donors (Lipinski definition) is 0. The van der Waals surface area contributed by atoms with Crippen LogP contribution in [-0.4, -0.2) is 5.78 Å². The number of hydrogen-bond acceptors (Lipinski definition) is 1. The van der Waals surface area contributed by atoms with Gasteiger partial charge in [-0.3, -0.25) is 4.79 Å². The lowest BCUT2D eigenvalue weighted by atomic mass is 9.80. The Kier molecular flexibility index (Phi) is 13.8. The summed E-state index contributed by atoms with van der Waals surface area (Å²) in [6, 6.07) is 0. The predicted molar refractivity (Wildman–Crippen MR) is 104 cm³/mol. The van der Waals surface area contributed by atoms with Gasteiger partial charge >= 0.3 is 0 Å². The smallest absolute Gasteiger partial charge is 0.141 e. The molecule has 23 heavy (non-hydrogen) atoms. The van der Waals surface area contributed by atoms with Gasteiger partial charge in [-0.2, -0.15) is 0 Å². The van der Waals surface area contributed by atoms with E-state index in [-0.39, 0.29) is 11.3 Å². The highest BCUT2D eigenvalue weighted by Crippen LogP contribution is 2.26. The largest absolute Gasteiger partial charge is 0.299 e. The lowest BCUT2D eigenvalue weighted by molar-refractivity contribution is -0.130. The molecule has 0 aromatic rings. The first-order valence-corrected chi connectivity index (χ1v) is 10.5. The van der Waals surface area contributed by atoms with E-state index in [9.17, 15) is 4.79 Å². The van der Waals surface area contributed by atoms with E-state index < -0.39 is 0 Å². The van der Waals surface area contributed by atoms with Crippen molar-refractivity contribution in [2.45, 2.75) is 125 Å². The van der Waals surface area contributed by atoms with E-state index in [2.05, 4.69) is 34.6 Å². The molecule has 0 radical (unpaired) electrons. The van der Waals surface area contributed by atoms with E-state index in [4.69, 9.17) is 0 Å². The third-order valence-corrected chi connectivity index (χ3v) is 5.01. The lowest BCUT2D eigenvalue weighted by Gasteiger charge is -2.23. The lowest BCUT2D eigenvalue weighted by Crippen LogP contribution is -2.28. The van der Waals surface area contributed by atoms with Crippen LogP contribution in [0.2, 0.25) is 0 Å². The molecule has 0 aliphatic rings. The standard InChI is InChI=1S/C22H44O/c1-6-8-9-10-11-12-13-14-15-16-17-18-19-20(7-2)21(23)22(3,4)5/h20H,6-19H2,1-5H3. The summed E-state index contributed by atoms with van der Waals surface area (Å²) in [6.45, 7) is 10.6. The summed E-state index contributed by atoms with van der Waals surface area (Å²) in [5, 5.41) is 0. The van der Waals surface area contributed by atoms with Crippen molar-refractivity contribution >= 4 is 5.78 Å². The molecule has 1 atom stereocenters. The van der Waals surface area contributed by atoms with Crippen molar-refractivity contribution in [1.29, 1.82) is 0 Å². The molecular formula is C22H44O. The monoisotopic (exact) mass is 324 g/mol. The van der Waals surface area contributed by atoms with Gasteiger partial charge in [0.25, 0.3) is 0 Å². The van der Waals surface area contributed by atoms with Crippen LogP contribution in [0.4, 0.5) is 0 Å². The van der Waals surface area contributed by atoms with Crippen LogP contribution in [-0.2, 0) is 4.79 Å². The van der Waals surface area contributed by atoms with Crippen LogP contribution in [0, 0.1) is 11.3 Å². The van der Waals surface area contributed by atoms with Crippen molar-refractivity contribution in [3.63, 3.8) is 0 Å². The van der Waals surface area contributed by atoms with Gasteiger partial charge in [0.05, 0.1) is 0 Å². The topological polar surface area (TPSA) is 17.1 Å². The third-order valence-electron chi connectivity index (χ3n) is 5.01. The normalized spacial score (nSPS) is 13.3. The van der Waals surface area contributed by atoms with Crippen LogP contribution in [0.3, 0.4) is 0 Å². The first-order valence-electron chi connectivity index (χ1n) is 10.5. The maximum absolute atomic E-state index is 12.3. The molecule has 0 fully saturated rings. The van der Waals surface area contributed by atoms with Gasteiger partial charge < -0.3 is 0 Å². The summed E-state index contributed by atoms with van der Waals surface area (Å²) in [5.41, 5.74) is -0.169. The summed E-state index contributed by atoms with van der Waals surface area (Å²) in [5.74, 6) is 0.751. The zero-order valence-electron chi connectivity index (χ0n) is 16.9. The molecule has 1 unspecified atom stereocenters. The van der Waals surface area contributed by atoms with Crippen molar-refractivity contribution in [3.8, 4) is 0 Å². The number of Topliss-reactive ketones (excluding diaryl/α,β-unsaturated/α-hetero) is 1. The number of unbranched alkanes of at least 4 members (excludes halogenated alkanes) is 11. The van der Waals surface area contributed by atoms with Crippen molar-refractivity contribution < 1.29 is 4.79 Å². The van der Waals surface area contributed by atoms with Crippen molar-refractivity contribution in [1.82, 2.24) is 0 Å². The Morgan fingerprint density at radius 3 is 1.43 bits per heavy atom. The van der Waals surface area contributed by atoms with E-state index in [1.807, 2.05) is 0 Å². The highest BCUT2D eigenvalue weighted by molar-refractivity contribution is 5.85. The minimum absolute atomic E-state index is 0.169. The third kappa shape index (κ3) is 12.7. The van der Waals surface area contributed by atoms with Crippen molar-refractivity contribution in [2.24, 2.45) is 11.3 Å². The van der Waals surface area contributed by atoms with E-state index in [0.717, 1.165) is 12.8 Å². The molecule has 0 saturated carbocycles. The van der Waals surface area contributed by atoms with Crippen LogP contribution in [0.25, 0.3) is 0 Å². The van der Waals surface area contributed by atoms with Gasteiger partial charge in [0.15, 0.2) is 0 Å². The quantitative estimate of drug-likeness (QED) is 0.282. The Morgan fingerprint density at radius 2 is 1.09 bits per heavy atom. The Morgan fingerprint density at radius 1 is 0.696 bits per heavy atom. The van der Waals surface area contributed by atoms with Crippen LogP contribution in [0.5, 0.6) is 0 Å². The average molecular weight is 325 g/mol. The summed E-state index contributed by atoms with van der Waals surface area (Å²) in [4.78, 5) is 12.3. The second kappa shape index (κ2) is 14.1. The maximum Gasteiger partial charge on any atom is 0.141 e. The summed E-state index contributed by atoms with van der Waals surface area (Å²) < 4.78 is 0. The molecular weight excluding hydrogens is 280 g/mol. The molecule has 0 heterocycles. The number of ketones is 1. The highest BCUT2D eigenvalue weighted by atomic mass is 16.1. The predicted octanol–water partition coefficient (Wildman–Crippen LogP) is 7.72. The van der Waals surface area contributed by atoms with Crippen LogP contribution < -0.4 is 0 Å². The Bertz CT molecular complexity index is 274. The SMILES string of the molecule is CCCCCCCCCCCCCCC(CC)C(=O)C(C)(C)C. The van der Waals surface area contributed by atoms with E-state index in [1.54, 1.807) is 0 Å². The van der Waals surface area contributed by atoms with Gasteiger partial charge in [0, 0.05) is 11.3 Å². The summed E-state index contributed by atoms with van der Waals surface area (Å²) in [6.07, 6.45) is 18.7. The van der Waals surface area contributed by atoms with Crippen molar-refractivity contribution in [3.05, 3.63) is 0 Å². The first kappa shape index (κ1) is 22.7. The minimum Gasteiger partial charge on any atom is -0.299 e. The molecule has 0 N–H and O–H groups in total. The molecule has 0 bridgehead atoms. The highest BCUT2D eigenvalue weighted by Gasteiger charge is 2.27. The van der Waals surface area contributed by atoms with Crippen molar-refractivity contribution in [2.75, 3.05) is 0 Å². The molecule has 1 heteroatoms. The fourth-order valence-electron chi connectivity index (χ4n) is 3.36. The first-order chi connectivity index (χ1) is 10.9. The second-order valence-corrected chi connectivity index (χ2v) is 8.40. The van der Waals surface area contributed by atoms with Gasteiger partial charge in [-0.05, 0) is 12.8 Å². The molecule has 0 aliphatic heterocycles. The number of carbonyl (C=O) groups excluding carboxylic acids is 1. The molecule has 0 rings (SSSR count). The molecule has 0 aliphatic carbocycles. The molecule has 0 spiro atoms. The van der Waals surface area contributed by atoms with Gasteiger partial charge in [0.2, 0.25) is 0 Å². The molecule has 0 amide bonds. The summed E-state index contributed by atoms with van der Waals surface area (Å²) in [7, 11) is 0. The van der Waals surface area contributed by atoms with E-state index >= 15 is 0 Å². The minimum atomic E-state index is -0.169. The number of carbonyl (C=O) groups is 1. The molecule has 0 aromatic carbocycles. The molecule has 1 nitrogen and oxygen atoms in total. The fraction of sp³-hybridized carbons (Fsp3) is 0.955. The Hall–Kier alpha value is -0.330. The second-order valence-electron chi connectivity index (χ2n) is 8.40.